The number of aryl methyl sites for hydroxylation is 1. The third kappa shape index (κ3) is 5.20. The van der Waals surface area contributed by atoms with Gasteiger partial charge < -0.3 is 15.0 Å². The number of H-pyrrole nitrogens is 2. The Labute approximate surface area is 217 Å². The summed E-state index contributed by atoms with van der Waals surface area (Å²) in [6.45, 7) is 13.9. The quantitative estimate of drug-likeness (QED) is 0.351. The van der Waals surface area contributed by atoms with Crippen molar-refractivity contribution >= 4 is 12.0 Å². The number of carbonyl (C=O) groups is 1. The number of aromatic nitrogens is 3. The van der Waals surface area contributed by atoms with E-state index in [0.717, 1.165) is 61.3 Å². The Kier molecular flexibility index (Phi) is 7.84. The molecule has 1 saturated heterocycles. The number of nitrogens with one attached hydrogen (secondary N) is 2. The SMILES string of the molecule is CCCCCC(C)C1(CO)CCN(C2C=Cc3cc(-c4n[nH]c(C)c4CCC(C)(C)C)[nH]c3C2)C1=O. The molecule has 6 nitrogen and oxygen atoms in total. The average Bonchev–Trinajstić information content (AvgIpc) is 3.51. The fourth-order valence-corrected chi connectivity index (χ4v) is 6.01. The van der Waals surface area contributed by atoms with Crippen molar-refractivity contribution in [1.82, 2.24) is 20.1 Å². The lowest BCUT2D eigenvalue weighted by Gasteiger charge is -2.34. The highest BCUT2D eigenvalue weighted by atomic mass is 16.3. The van der Waals surface area contributed by atoms with E-state index < -0.39 is 5.41 Å². The first-order chi connectivity index (χ1) is 17.1. The molecule has 6 heteroatoms. The summed E-state index contributed by atoms with van der Waals surface area (Å²) < 4.78 is 0. The second kappa shape index (κ2) is 10.6. The van der Waals surface area contributed by atoms with Crippen LogP contribution in [0.5, 0.6) is 0 Å². The number of fused-ring (bicyclic) bond motifs is 1. The van der Waals surface area contributed by atoms with Gasteiger partial charge in [-0.2, -0.15) is 5.10 Å². The van der Waals surface area contributed by atoms with Gasteiger partial charge in [-0.25, -0.2) is 0 Å². The summed E-state index contributed by atoms with van der Waals surface area (Å²) in [6, 6.07) is 2.21. The Hall–Kier alpha value is -2.34. The van der Waals surface area contributed by atoms with Crippen molar-refractivity contribution in [2.45, 2.75) is 99.0 Å². The highest BCUT2D eigenvalue weighted by Gasteiger charge is 2.51. The molecule has 2 aliphatic rings. The zero-order valence-corrected chi connectivity index (χ0v) is 23.2. The third-order valence-electron chi connectivity index (χ3n) is 8.65. The van der Waals surface area contributed by atoms with Crippen LogP contribution in [0.4, 0.5) is 0 Å². The lowest BCUT2D eigenvalue weighted by atomic mass is 9.73. The summed E-state index contributed by atoms with van der Waals surface area (Å²) in [5.74, 6) is 0.326. The van der Waals surface area contributed by atoms with E-state index in [0.29, 0.717) is 6.54 Å². The Bertz CT molecular complexity index is 1090. The van der Waals surface area contributed by atoms with E-state index in [4.69, 9.17) is 0 Å². The number of aliphatic hydroxyl groups excluding tert-OH is 1. The van der Waals surface area contributed by atoms with Gasteiger partial charge in [0.2, 0.25) is 5.91 Å². The van der Waals surface area contributed by atoms with Gasteiger partial charge >= 0.3 is 0 Å². The van der Waals surface area contributed by atoms with Crippen molar-refractivity contribution in [3.8, 4) is 11.4 Å². The number of hydrogen-bond donors (Lipinski definition) is 3. The number of unbranched alkanes of at least 4 members (excludes halogenated alkanes) is 2. The maximum Gasteiger partial charge on any atom is 0.231 e. The number of aromatic amines is 2. The van der Waals surface area contributed by atoms with Gasteiger partial charge in [-0.1, -0.05) is 66.0 Å². The molecule has 4 rings (SSSR count). The van der Waals surface area contributed by atoms with E-state index in [9.17, 15) is 9.90 Å². The number of nitrogens with zero attached hydrogens (tertiary/aromatic N) is 2. The molecule has 0 bridgehead atoms. The van der Waals surface area contributed by atoms with E-state index in [2.05, 4.69) is 74.9 Å². The molecule has 2 aromatic heterocycles. The normalized spacial score (nSPS) is 22.9. The molecule has 198 valence electrons. The number of carbonyl (C=O) groups excluding carboxylic acids is 1. The zero-order chi connectivity index (χ0) is 26.1. The van der Waals surface area contributed by atoms with Crippen LogP contribution in [0.15, 0.2) is 12.1 Å². The minimum Gasteiger partial charge on any atom is -0.395 e. The topological polar surface area (TPSA) is 85.0 Å². The molecule has 1 aliphatic carbocycles. The van der Waals surface area contributed by atoms with Gasteiger partial charge in [0.25, 0.3) is 0 Å². The summed E-state index contributed by atoms with van der Waals surface area (Å²) in [4.78, 5) is 19.3. The molecule has 1 amide bonds. The van der Waals surface area contributed by atoms with Crippen LogP contribution in [0.25, 0.3) is 17.5 Å². The molecule has 3 heterocycles. The molecular weight excluding hydrogens is 448 g/mol. The van der Waals surface area contributed by atoms with Gasteiger partial charge in [0.15, 0.2) is 0 Å². The fourth-order valence-electron chi connectivity index (χ4n) is 6.01. The number of rotatable bonds is 10. The van der Waals surface area contributed by atoms with Crippen LogP contribution in [0.3, 0.4) is 0 Å². The highest BCUT2D eigenvalue weighted by molar-refractivity contribution is 5.86. The lowest BCUT2D eigenvalue weighted by molar-refractivity contribution is -0.142. The van der Waals surface area contributed by atoms with Crippen molar-refractivity contribution in [3.05, 3.63) is 34.7 Å². The third-order valence-corrected chi connectivity index (χ3v) is 8.65. The molecule has 3 N–H and O–H groups in total. The second-order valence-electron chi connectivity index (χ2n) is 12.4. The van der Waals surface area contributed by atoms with Gasteiger partial charge in [0.1, 0.15) is 5.69 Å². The molecule has 1 aliphatic heterocycles. The summed E-state index contributed by atoms with van der Waals surface area (Å²) in [5.41, 5.74) is 6.44. The van der Waals surface area contributed by atoms with E-state index >= 15 is 0 Å². The van der Waals surface area contributed by atoms with Gasteiger partial charge in [0, 0.05) is 29.9 Å². The average molecular weight is 495 g/mol. The van der Waals surface area contributed by atoms with Crippen LogP contribution in [-0.2, 0) is 17.6 Å². The van der Waals surface area contributed by atoms with E-state index in [1.807, 2.05) is 4.90 Å². The predicted molar refractivity (Wildman–Crippen MR) is 147 cm³/mol. The van der Waals surface area contributed by atoms with E-state index in [1.54, 1.807) is 0 Å². The Morgan fingerprint density at radius 2 is 2.08 bits per heavy atom. The van der Waals surface area contributed by atoms with Crippen LogP contribution in [0.2, 0.25) is 0 Å². The molecule has 1 fully saturated rings. The second-order valence-corrected chi connectivity index (χ2v) is 12.4. The van der Waals surface area contributed by atoms with Crippen molar-refractivity contribution in [2.24, 2.45) is 16.7 Å². The molecule has 0 saturated carbocycles. The number of likely N-dealkylation sites (tertiary alicyclic amines) is 1. The van der Waals surface area contributed by atoms with E-state index in [1.165, 1.54) is 24.0 Å². The van der Waals surface area contributed by atoms with Crippen LogP contribution in [0, 0.1) is 23.7 Å². The predicted octanol–water partition coefficient (Wildman–Crippen LogP) is 6.06. The Balaban J connectivity index is 1.49. The number of hydrogen-bond acceptors (Lipinski definition) is 3. The number of amides is 1. The summed E-state index contributed by atoms with van der Waals surface area (Å²) in [5, 5.41) is 18.2. The Morgan fingerprint density at radius 3 is 2.78 bits per heavy atom. The summed E-state index contributed by atoms with van der Waals surface area (Å²) >= 11 is 0. The molecular formula is C30H46N4O2. The molecule has 0 aromatic carbocycles. The lowest BCUT2D eigenvalue weighted by Crippen LogP contribution is -2.45. The van der Waals surface area contributed by atoms with Crippen LogP contribution in [0.1, 0.15) is 95.7 Å². The van der Waals surface area contributed by atoms with Crippen molar-refractivity contribution in [1.29, 1.82) is 0 Å². The van der Waals surface area contributed by atoms with Gasteiger partial charge in [0.05, 0.1) is 23.8 Å². The smallest absolute Gasteiger partial charge is 0.231 e. The first-order valence-corrected chi connectivity index (χ1v) is 14.0. The van der Waals surface area contributed by atoms with Gasteiger partial charge in [-0.15, -0.1) is 0 Å². The monoisotopic (exact) mass is 494 g/mol. The molecule has 36 heavy (non-hydrogen) atoms. The minimum atomic E-state index is -0.628. The van der Waals surface area contributed by atoms with Gasteiger partial charge in [-0.3, -0.25) is 9.89 Å². The van der Waals surface area contributed by atoms with Crippen LogP contribution >= 0.6 is 0 Å². The maximum absolute atomic E-state index is 13.7. The van der Waals surface area contributed by atoms with E-state index in [-0.39, 0.29) is 29.9 Å². The van der Waals surface area contributed by atoms with Gasteiger partial charge in [-0.05, 0) is 55.6 Å². The number of aliphatic hydroxyl groups is 1. The molecule has 3 atom stereocenters. The highest BCUT2D eigenvalue weighted by Crippen LogP contribution is 2.43. The summed E-state index contributed by atoms with van der Waals surface area (Å²) in [6.07, 6.45) is 12.4. The summed E-state index contributed by atoms with van der Waals surface area (Å²) in [7, 11) is 0. The molecule has 0 radical (unpaired) electrons. The van der Waals surface area contributed by atoms with Crippen molar-refractivity contribution in [2.75, 3.05) is 13.2 Å². The molecule has 0 spiro atoms. The maximum atomic E-state index is 13.7. The zero-order valence-electron chi connectivity index (χ0n) is 23.2. The minimum absolute atomic E-state index is 0.0223. The fraction of sp³-hybridized carbons (Fsp3) is 0.667. The molecule has 3 unspecified atom stereocenters. The largest absolute Gasteiger partial charge is 0.395 e. The first-order valence-electron chi connectivity index (χ1n) is 14.0. The van der Waals surface area contributed by atoms with Crippen molar-refractivity contribution < 1.29 is 9.90 Å². The Morgan fingerprint density at radius 1 is 1.31 bits per heavy atom. The first kappa shape index (κ1) is 26.7. The standard InChI is InChI=1S/C30H46N4O2/c1-7-8-9-10-20(2)30(19-35)15-16-34(28(30)36)23-12-11-22-17-26(31-25(22)18-23)27-24(21(3)32-33-27)13-14-29(4,5)6/h11-12,17,20,23,31,35H,7-10,13-16,18-19H2,1-6H3,(H,32,33). The van der Waals surface area contributed by atoms with Crippen molar-refractivity contribution in [3.63, 3.8) is 0 Å². The van der Waals surface area contributed by atoms with Crippen LogP contribution in [-0.4, -0.2) is 50.3 Å². The molecule has 2 aromatic rings. The van der Waals surface area contributed by atoms with Crippen LogP contribution < -0.4 is 0 Å².